The van der Waals surface area contributed by atoms with Crippen LogP contribution in [0, 0.1) is 12.8 Å². The first-order valence-electron chi connectivity index (χ1n) is 7.37. The maximum absolute atomic E-state index is 12.1. The first-order valence-corrected chi connectivity index (χ1v) is 9.17. The van der Waals surface area contributed by atoms with Gasteiger partial charge in [-0.3, -0.25) is 4.79 Å². The molecule has 1 amide bonds. The van der Waals surface area contributed by atoms with Crippen LogP contribution in [0.4, 0.5) is 5.13 Å². The summed E-state index contributed by atoms with van der Waals surface area (Å²) in [5.74, 6) is 2.32. The van der Waals surface area contributed by atoms with Gasteiger partial charge < -0.3 is 10.1 Å². The Morgan fingerprint density at radius 1 is 1.39 bits per heavy atom. The molecule has 0 aliphatic carbocycles. The molecule has 7 heteroatoms. The summed E-state index contributed by atoms with van der Waals surface area (Å²) in [5, 5.41) is 11.5. The quantitative estimate of drug-likeness (QED) is 0.607. The van der Waals surface area contributed by atoms with Crippen molar-refractivity contribution in [2.45, 2.75) is 31.5 Å². The average Bonchev–Trinajstić information content (AvgIpc) is 2.92. The third kappa shape index (κ3) is 5.51. The molecule has 0 saturated heterocycles. The monoisotopic (exact) mass is 351 g/mol. The van der Waals surface area contributed by atoms with Crippen molar-refractivity contribution < 1.29 is 9.53 Å². The molecule has 124 valence electrons. The van der Waals surface area contributed by atoms with Crippen LogP contribution in [0.5, 0.6) is 5.75 Å². The number of rotatable bonds is 7. The van der Waals surface area contributed by atoms with Gasteiger partial charge in [-0.1, -0.05) is 49.1 Å². The Bertz CT molecular complexity index is 671. The normalized spacial score (nSPS) is 10.8. The highest BCUT2D eigenvalue weighted by atomic mass is 32.2. The topological polar surface area (TPSA) is 64.1 Å². The summed E-state index contributed by atoms with van der Waals surface area (Å²) in [6.45, 7) is 6.28. The fraction of sp³-hybridized carbons (Fsp3) is 0.438. The summed E-state index contributed by atoms with van der Waals surface area (Å²) >= 11 is 3.08. The van der Waals surface area contributed by atoms with E-state index in [9.17, 15) is 4.79 Å². The van der Waals surface area contributed by atoms with E-state index in [1.54, 1.807) is 18.9 Å². The number of nitrogens with zero attached hydrogens (tertiary/aromatic N) is 2. The standard InChI is InChI=1S/C16H21N3O2S2/c1-10(2)9-22-16-19-18-15(23-16)17-14(20)8-12-5-6-13(21-4)11(3)7-12/h5-7,10H,8-9H2,1-4H3,(H,17,18,20). The van der Waals surface area contributed by atoms with Gasteiger partial charge in [-0.05, 0) is 30.0 Å². The number of thioether (sulfide) groups is 1. The second kappa shape index (κ2) is 8.31. The third-order valence-electron chi connectivity index (χ3n) is 3.02. The van der Waals surface area contributed by atoms with Crippen molar-refractivity contribution in [1.29, 1.82) is 0 Å². The Morgan fingerprint density at radius 2 is 2.17 bits per heavy atom. The number of amides is 1. The molecule has 2 rings (SSSR count). The van der Waals surface area contributed by atoms with E-state index in [4.69, 9.17) is 4.74 Å². The van der Waals surface area contributed by atoms with Gasteiger partial charge in [-0.25, -0.2) is 0 Å². The van der Waals surface area contributed by atoms with E-state index in [0.29, 0.717) is 17.5 Å². The average molecular weight is 351 g/mol. The molecule has 0 radical (unpaired) electrons. The molecule has 2 aromatic rings. The summed E-state index contributed by atoms with van der Waals surface area (Å²) in [6.07, 6.45) is 0.304. The zero-order valence-electron chi connectivity index (χ0n) is 13.8. The molecule has 1 N–H and O–H groups in total. The Labute approximate surface area is 144 Å². The first-order chi connectivity index (χ1) is 11.0. The lowest BCUT2D eigenvalue weighted by atomic mass is 10.1. The molecule has 0 spiro atoms. The summed E-state index contributed by atoms with van der Waals surface area (Å²) < 4.78 is 6.11. The Morgan fingerprint density at radius 3 is 2.83 bits per heavy atom. The minimum Gasteiger partial charge on any atom is -0.496 e. The van der Waals surface area contributed by atoms with Gasteiger partial charge in [0, 0.05) is 5.75 Å². The molecule has 1 heterocycles. The van der Waals surface area contributed by atoms with Crippen molar-refractivity contribution in [1.82, 2.24) is 10.2 Å². The van der Waals surface area contributed by atoms with E-state index >= 15 is 0 Å². The molecule has 0 bridgehead atoms. The van der Waals surface area contributed by atoms with E-state index < -0.39 is 0 Å². The predicted molar refractivity (Wildman–Crippen MR) is 95.5 cm³/mol. The molecule has 0 aliphatic heterocycles. The van der Waals surface area contributed by atoms with Crippen LogP contribution in [0.1, 0.15) is 25.0 Å². The van der Waals surface area contributed by atoms with Crippen LogP contribution < -0.4 is 10.1 Å². The second-order valence-corrected chi connectivity index (χ2v) is 7.85. The molecule has 1 aromatic heterocycles. The number of hydrogen-bond acceptors (Lipinski definition) is 6. The number of ether oxygens (including phenoxy) is 1. The molecule has 0 atom stereocenters. The highest BCUT2D eigenvalue weighted by Crippen LogP contribution is 2.27. The highest BCUT2D eigenvalue weighted by Gasteiger charge is 2.10. The van der Waals surface area contributed by atoms with Crippen LogP contribution >= 0.6 is 23.1 Å². The SMILES string of the molecule is COc1ccc(CC(=O)Nc2nnc(SCC(C)C)s2)cc1C. The van der Waals surface area contributed by atoms with Crippen LogP contribution in [-0.2, 0) is 11.2 Å². The predicted octanol–water partition coefficient (Wildman–Crippen LogP) is 3.78. The molecule has 5 nitrogen and oxygen atoms in total. The molecule has 23 heavy (non-hydrogen) atoms. The lowest BCUT2D eigenvalue weighted by Gasteiger charge is -2.07. The van der Waals surface area contributed by atoms with Crippen LogP contribution in [0.3, 0.4) is 0 Å². The summed E-state index contributed by atoms with van der Waals surface area (Å²) in [5.41, 5.74) is 1.96. The maximum Gasteiger partial charge on any atom is 0.230 e. The highest BCUT2D eigenvalue weighted by molar-refractivity contribution is 8.01. The van der Waals surface area contributed by atoms with Crippen molar-refractivity contribution in [2.75, 3.05) is 18.2 Å². The lowest BCUT2D eigenvalue weighted by Crippen LogP contribution is -2.14. The summed E-state index contributed by atoms with van der Waals surface area (Å²) in [7, 11) is 1.64. The van der Waals surface area contributed by atoms with Crippen molar-refractivity contribution in [3.05, 3.63) is 29.3 Å². The molecule has 0 fully saturated rings. The minimum absolute atomic E-state index is 0.0915. The van der Waals surface area contributed by atoms with Crippen molar-refractivity contribution in [2.24, 2.45) is 5.92 Å². The number of benzene rings is 1. The molecular weight excluding hydrogens is 330 g/mol. The van der Waals surface area contributed by atoms with Gasteiger partial charge in [0.2, 0.25) is 11.0 Å². The molecule has 1 aromatic carbocycles. The van der Waals surface area contributed by atoms with E-state index in [1.165, 1.54) is 11.3 Å². The van der Waals surface area contributed by atoms with Crippen LogP contribution in [-0.4, -0.2) is 29.0 Å². The van der Waals surface area contributed by atoms with Crippen LogP contribution in [0.2, 0.25) is 0 Å². The van der Waals surface area contributed by atoms with Crippen LogP contribution in [0.15, 0.2) is 22.5 Å². The second-order valence-electron chi connectivity index (χ2n) is 5.61. The Balaban J connectivity index is 1.90. The zero-order chi connectivity index (χ0) is 16.8. The van der Waals surface area contributed by atoms with E-state index in [0.717, 1.165) is 27.0 Å². The smallest absolute Gasteiger partial charge is 0.230 e. The van der Waals surface area contributed by atoms with Crippen LogP contribution in [0.25, 0.3) is 0 Å². The Kier molecular flexibility index (Phi) is 6.41. The summed E-state index contributed by atoms with van der Waals surface area (Å²) in [6, 6.07) is 5.74. The number of anilines is 1. The number of aromatic nitrogens is 2. The fourth-order valence-corrected chi connectivity index (χ4v) is 3.70. The zero-order valence-corrected chi connectivity index (χ0v) is 15.4. The maximum atomic E-state index is 12.1. The van der Waals surface area contributed by atoms with Gasteiger partial charge in [0.15, 0.2) is 4.34 Å². The van der Waals surface area contributed by atoms with Gasteiger partial charge in [0.05, 0.1) is 13.5 Å². The number of methoxy groups -OCH3 is 1. The van der Waals surface area contributed by atoms with E-state index in [2.05, 4.69) is 29.4 Å². The van der Waals surface area contributed by atoms with Gasteiger partial charge in [0.25, 0.3) is 0 Å². The number of carbonyl (C=O) groups is 1. The van der Waals surface area contributed by atoms with Crippen molar-refractivity contribution in [3.63, 3.8) is 0 Å². The van der Waals surface area contributed by atoms with Gasteiger partial charge in [-0.2, -0.15) is 0 Å². The van der Waals surface area contributed by atoms with Gasteiger partial charge in [0.1, 0.15) is 5.75 Å². The van der Waals surface area contributed by atoms with Gasteiger partial charge >= 0.3 is 0 Å². The molecular formula is C16H21N3O2S2. The first kappa shape index (κ1) is 17.7. The van der Waals surface area contributed by atoms with Gasteiger partial charge in [-0.15, -0.1) is 10.2 Å². The lowest BCUT2D eigenvalue weighted by molar-refractivity contribution is -0.115. The largest absolute Gasteiger partial charge is 0.496 e. The number of hydrogen-bond donors (Lipinski definition) is 1. The number of aryl methyl sites for hydroxylation is 1. The van der Waals surface area contributed by atoms with E-state index in [-0.39, 0.29) is 5.91 Å². The van der Waals surface area contributed by atoms with E-state index in [1.807, 2.05) is 25.1 Å². The molecule has 0 unspecified atom stereocenters. The minimum atomic E-state index is -0.0915. The number of carbonyl (C=O) groups excluding carboxylic acids is 1. The molecule has 0 saturated carbocycles. The summed E-state index contributed by atoms with van der Waals surface area (Å²) in [4.78, 5) is 12.1. The fourth-order valence-electron chi connectivity index (χ4n) is 1.96. The Hall–Kier alpha value is -1.60. The molecule has 0 aliphatic rings. The van der Waals surface area contributed by atoms with Crippen molar-refractivity contribution >= 4 is 34.1 Å². The third-order valence-corrected chi connectivity index (χ3v) is 5.42. The van der Waals surface area contributed by atoms with Crippen molar-refractivity contribution in [3.8, 4) is 5.75 Å². The number of nitrogens with one attached hydrogen (secondary N) is 1.